The van der Waals surface area contributed by atoms with E-state index in [1.165, 1.54) is 0 Å². The van der Waals surface area contributed by atoms with E-state index in [-0.39, 0.29) is 30.5 Å². The molecule has 1 rings (SSSR count). The maximum absolute atomic E-state index is 12.1. The number of urea groups is 1. The third-order valence-electron chi connectivity index (χ3n) is 3.93. The second kappa shape index (κ2) is 8.09. The molecule has 0 saturated heterocycles. The van der Waals surface area contributed by atoms with Gasteiger partial charge in [-0.1, -0.05) is 6.42 Å². The molecule has 1 aliphatic rings. The van der Waals surface area contributed by atoms with Crippen LogP contribution in [0.2, 0.25) is 0 Å². The van der Waals surface area contributed by atoms with Gasteiger partial charge in [-0.25, -0.2) is 4.79 Å². The molecule has 20 heavy (non-hydrogen) atoms. The Bertz CT molecular complexity index is 333. The fourth-order valence-corrected chi connectivity index (χ4v) is 2.76. The largest absolute Gasteiger partial charge is 0.481 e. The number of aliphatic hydroxyl groups excluding tert-OH is 1. The molecule has 0 bridgehead atoms. The number of rotatable bonds is 7. The van der Waals surface area contributed by atoms with Crippen molar-refractivity contribution in [2.45, 2.75) is 45.6 Å². The summed E-state index contributed by atoms with van der Waals surface area (Å²) in [5.41, 5.74) is 0. The molecule has 2 atom stereocenters. The number of carbonyl (C=O) groups excluding carboxylic acids is 1. The monoisotopic (exact) mass is 286 g/mol. The molecule has 0 heterocycles. The van der Waals surface area contributed by atoms with E-state index >= 15 is 0 Å². The van der Waals surface area contributed by atoms with Gasteiger partial charge in [0.15, 0.2) is 0 Å². The summed E-state index contributed by atoms with van der Waals surface area (Å²) in [6.45, 7) is 4.82. The molecule has 116 valence electrons. The summed E-state index contributed by atoms with van der Waals surface area (Å²) in [5, 5.41) is 20.8. The van der Waals surface area contributed by atoms with Gasteiger partial charge in [0.25, 0.3) is 0 Å². The topological polar surface area (TPSA) is 89.9 Å². The Morgan fingerprint density at radius 2 is 2.05 bits per heavy atom. The molecule has 1 saturated carbocycles. The lowest BCUT2D eigenvalue weighted by Gasteiger charge is -2.28. The molecule has 6 heteroatoms. The van der Waals surface area contributed by atoms with Crippen LogP contribution < -0.4 is 5.32 Å². The summed E-state index contributed by atoms with van der Waals surface area (Å²) in [7, 11) is 0. The van der Waals surface area contributed by atoms with Crippen molar-refractivity contribution in [2.24, 2.45) is 11.8 Å². The number of aliphatic hydroxyl groups is 1. The normalized spacial score (nSPS) is 22.0. The van der Waals surface area contributed by atoms with Crippen molar-refractivity contribution >= 4 is 12.0 Å². The lowest BCUT2D eigenvalue weighted by molar-refractivity contribution is -0.142. The fourth-order valence-electron chi connectivity index (χ4n) is 2.76. The summed E-state index contributed by atoms with van der Waals surface area (Å²) in [4.78, 5) is 24.9. The van der Waals surface area contributed by atoms with Gasteiger partial charge in [-0.3, -0.25) is 4.79 Å². The van der Waals surface area contributed by atoms with Crippen molar-refractivity contribution in [3.63, 3.8) is 0 Å². The van der Waals surface area contributed by atoms with Gasteiger partial charge in [0, 0.05) is 25.7 Å². The Hall–Kier alpha value is -1.30. The molecule has 6 nitrogen and oxygen atoms in total. The summed E-state index contributed by atoms with van der Waals surface area (Å²) >= 11 is 0. The lowest BCUT2D eigenvalue weighted by atomic mass is 9.96. The summed E-state index contributed by atoms with van der Waals surface area (Å²) in [6, 6.07) is -0.120. The van der Waals surface area contributed by atoms with Crippen molar-refractivity contribution in [1.82, 2.24) is 10.2 Å². The predicted octanol–water partition coefficient (Wildman–Crippen LogP) is 1.29. The van der Waals surface area contributed by atoms with Crippen LogP contribution in [-0.4, -0.2) is 52.9 Å². The Morgan fingerprint density at radius 3 is 2.60 bits per heavy atom. The molecule has 2 amide bonds. The summed E-state index contributed by atoms with van der Waals surface area (Å²) in [6.07, 6.45) is 3.02. The van der Waals surface area contributed by atoms with Crippen molar-refractivity contribution in [2.75, 3.05) is 19.7 Å². The summed E-state index contributed by atoms with van der Waals surface area (Å²) < 4.78 is 0. The number of aliphatic carboxylic acids is 1. The predicted molar refractivity (Wildman–Crippen MR) is 75.4 cm³/mol. The lowest BCUT2D eigenvalue weighted by Crippen LogP contribution is -2.46. The van der Waals surface area contributed by atoms with Crippen molar-refractivity contribution in [3.8, 4) is 0 Å². The van der Waals surface area contributed by atoms with E-state index in [4.69, 9.17) is 10.2 Å². The highest BCUT2D eigenvalue weighted by atomic mass is 16.4. The van der Waals surface area contributed by atoms with Crippen LogP contribution in [0.25, 0.3) is 0 Å². The van der Waals surface area contributed by atoms with Gasteiger partial charge in [-0.05, 0) is 39.0 Å². The van der Waals surface area contributed by atoms with Crippen LogP contribution in [0.5, 0.6) is 0 Å². The van der Waals surface area contributed by atoms with Crippen molar-refractivity contribution in [3.05, 3.63) is 0 Å². The maximum atomic E-state index is 12.1. The van der Waals surface area contributed by atoms with Gasteiger partial charge in [0.05, 0.1) is 5.92 Å². The second-order valence-electron chi connectivity index (χ2n) is 5.69. The minimum atomic E-state index is -0.761. The Labute approximate surface area is 120 Å². The van der Waals surface area contributed by atoms with Gasteiger partial charge < -0.3 is 20.4 Å². The second-order valence-corrected chi connectivity index (χ2v) is 5.69. The van der Waals surface area contributed by atoms with E-state index in [1.54, 1.807) is 4.90 Å². The van der Waals surface area contributed by atoms with Crippen molar-refractivity contribution in [1.29, 1.82) is 0 Å². The molecule has 1 aliphatic carbocycles. The smallest absolute Gasteiger partial charge is 0.317 e. The SMILES string of the molecule is CC(C)N(CCCO)C(=O)NCC1CCCC1C(=O)O. The zero-order chi connectivity index (χ0) is 15.1. The van der Waals surface area contributed by atoms with E-state index in [0.717, 1.165) is 12.8 Å². The third-order valence-corrected chi connectivity index (χ3v) is 3.93. The van der Waals surface area contributed by atoms with Gasteiger partial charge >= 0.3 is 12.0 Å². The fraction of sp³-hybridized carbons (Fsp3) is 0.857. The number of amides is 2. The van der Waals surface area contributed by atoms with Gasteiger partial charge in [-0.2, -0.15) is 0 Å². The number of carboxylic acids is 1. The van der Waals surface area contributed by atoms with Crippen LogP contribution in [0.4, 0.5) is 4.79 Å². The maximum Gasteiger partial charge on any atom is 0.317 e. The van der Waals surface area contributed by atoms with E-state index < -0.39 is 5.97 Å². The first-order valence-electron chi connectivity index (χ1n) is 7.35. The minimum Gasteiger partial charge on any atom is -0.481 e. The highest BCUT2D eigenvalue weighted by molar-refractivity contribution is 5.75. The summed E-state index contributed by atoms with van der Waals surface area (Å²) in [5.74, 6) is -1.06. The molecule has 1 fully saturated rings. The Kier molecular flexibility index (Phi) is 6.78. The average molecular weight is 286 g/mol. The van der Waals surface area contributed by atoms with Crippen LogP contribution in [0, 0.1) is 11.8 Å². The molecule has 0 aromatic rings. The highest BCUT2D eigenvalue weighted by Gasteiger charge is 2.33. The molecular formula is C14H26N2O4. The molecule has 3 N–H and O–H groups in total. The first-order valence-corrected chi connectivity index (χ1v) is 7.35. The van der Waals surface area contributed by atoms with E-state index in [2.05, 4.69) is 5.32 Å². The van der Waals surface area contributed by atoms with E-state index in [9.17, 15) is 9.59 Å². The van der Waals surface area contributed by atoms with Crippen LogP contribution in [0.15, 0.2) is 0 Å². The first-order chi connectivity index (χ1) is 9.47. The number of nitrogens with one attached hydrogen (secondary N) is 1. The van der Waals surface area contributed by atoms with E-state index in [1.807, 2.05) is 13.8 Å². The zero-order valence-corrected chi connectivity index (χ0v) is 12.3. The molecule has 0 aromatic carbocycles. The number of hydrogen-bond acceptors (Lipinski definition) is 3. The molecule has 0 aromatic heterocycles. The molecule has 0 radical (unpaired) electrons. The first kappa shape index (κ1) is 16.8. The van der Waals surface area contributed by atoms with Gasteiger partial charge in [0.2, 0.25) is 0 Å². The molecule has 2 unspecified atom stereocenters. The van der Waals surface area contributed by atoms with Crippen molar-refractivity contribution < 1.29 is 19.8 Å². The Morgan fingerprint density at radius 1 is 1.35 bits per heavy atom. The van der Waals surface area contributed by atoms with Crippen LogP contribution in [0.3, 0.4) is 0 Å². The molecule has 0 spiro atoms. The van der Waals surface area contributed by atoms with Crippen LogP contribution >= 0.6 is 0 Å². The van der Waals surface area contributed by atoms with Crippen LogP contribution in [0.1, 0.15) is 39.5 Å². The third kappa shape index (κ3) is 4.67. The number of carbonyl (C=O) groups is 2. The highest BCUT2D eigenvalue weighted by Crippen LogP contribution is 2.31. The number of hydrogen-bond donors (Lipinski definition) is 3. The minimum absolute atomic E-state index is 0.0308. The average Bonchev–Trinajstić information content (AvgIpc) is 2.84. The van der Waals surface area contributed by atoms with Gasteiger partial charge in [0.1, 0.15) is 0 Å². The molecule has 0 aliphatic heterocycles. The van der Waals surface area contributed by atoms with E-state index in [0.29, 0.717) is 25.9 Å². The number of nitrogens with zero attached hydrogens (tertiary/aromatic N) is 1. The van der Waals surface area contributed by atoms with Crippen LogP contribution in [-0.2, 0) is 4.79 Å². The Balaban J connectivity index is 2.46. The molecular weight excluding hydrogens is 260 g/mol. The zero-order valence-electron chi connectivity index (χ0n) is 12.3. The quantitative estimate of drug-likeness (QED) is 0.658. The number of carboxylic acid groups (broad SMARTS) is 1. The van der Waals surface area contributed by atoms with Gasteiger partial charge in [-0.15, -0.1) is 0 Å². The standard InChI is InChI=1S/C14H26N2O4/c1-10(2)16(7-4-8-17)14(20)15-9-11-5-3-6-12(11)13(18)19/h10-12,17H,3-9H2,1-2H3,(H,15,20)(H,18,19).